The fourth-order valence-electron chi connectivity index (χ4n) is 1.38. The monoisotopic (exact) mass is 253 g/mol. The molecular weight excluding hydrogens is 242 g/mol. The molecule has 0 aliphatic heterocycles. The summed E-state index contributed by atoms with van der Waals surface area (Å²) in [5.41, 5.74) is 6.93. The number of nitrogens with zero attached hydrogens (tertiary/aromatic N) is 2. The van der Waals surface area contributed by atoms with E-state index in [1.54, 1.807) is 25.3 Å². The van der Waals surface area contributed by atoms with Crippen LogP contribution in [-0.2, 0) is 11.2 Å². The fourth-order valence-corrected chi connectivity index (χ4v) is 1.56. The molecule has 0 atom stereocenters. The number of para-hydroxylation sites is 1. The second-order valence-corrected chi connectivity index (χ2v) is 3.87. The molecule has 0 amide bonds. The van der Waals surface area contributed by atoms with E-state index in [0.717, 1.165) is 0 Å². The quantitative estimate of drug-likeness (QED) is 0.845. The van der Waals surface area contributed by atoms with Crippen molar-refractivity contribution >= 4 is 17.3 Å². The molecule has 0 spiro atoms. The zero-order valence-corrected chi connectivity index (χ0v) is 10.1. The van der Waals surface area contributed by atoms with Crippen molar-refractivity contribution < 1.29 is 9.26 Å². The molecule has 17 heavy (non-hydrogen) atoms. The van der Waals surface area contributed by atoms with Crippen molar-refractivity contribution in [3.63, 3.8) is 0 Å². The van der Waals surface area contributed by atoms with E-state index in [0.29, 0.717) is 41.0 Å². The number of aromatic nitrogens is 2. The van der Waals surface area contributed by atoms with Crippen LogP contribution in [0.25, 0.3) is 11.5 Å². The Morgan fingerprint density at radius 3 is 3.06 bits per heavy atom. The Hall–Kier alpha value is -1.59. The molecule has 1 aromatic carbocycles. The van der Waals surface area contributed by atoms with Gasteiger partial charge in [0.05, 0.1) is 22.9 Å². The standard InChI is InChI=1S/C11H12ClN3O2/c1-16-6-5-9-14-11(17-15-9)7-3-2-4-8(12)10(7)13/h2-4H,5-6,13H2,1H3. The minimum Gasteiger partial charge on any atom is -0.397 e. The molecule has 0 fully saturated rings. The van der Waals surface area contributed by atoms with Crippen LogP contribution in [0.15, 0.2) is 22.7 Å². The van der Waals surface area contributed by atoms with Gasteiger partial charge in [-0.3, -0.25) is 0 Å². The number of benzene rings is 1. The van der Waals surface area contributed by atoms with Crippen molar-refractivity contribution in [3.8, 4) is 11.5 Å². The SMILES string of the molecule is COCCc1noc(-c2cccc(Cl)c2N)n1. The predicted molar refractivity (Wildman–Crippen MR) is 64.7 cm³/mol. The van der Waals surface area contributed by atoms with Crippen molar-refractivity contribution in [1.82, 2.24) is 10.1 Å². The number of rotatable bonds is 4. The van der Waals surface area contributed by atoms with E-state index in [1.165, 1.54) is 0 Å². The summed E-state index contributed by atoms with van der Waals surface area (Å²) in [6.45, 7) is 0.546. The highest BCUT2D eigenvalue weighted by Crippen LogP contribution is 2.30. The first-order valence-corrected chi connectivity index (χ1v) is 5.46. The molecule has 6 heteroatoms. The minimum absolute atomic E-state index is 0.371. The molecule has 90 valence electrons. The number of nitrogen functional groups attached to an aromatic ring is 1. The summed E-state index contributed by atoms with van der Waals surface area (Å²) in [4.78, 5) is 4.22. The average Bonchev–Trinajstić information content (AvgIpc) is 2.78. The van der Waals surface area contributed by atoms with Gasteiger partial charge in [0.2, 0.25) is 0 Å². The summed E-state index contributed by atoms with van der Waals surface area (Å²) < 4.78 is 10.1. The lowest BCUT2D eigenvalue weighted by molar-refractivity contribution is 0.199. The Morgan fingerprint density at radius 1 is 1.47 bits per heavy atom. The normalized spacial score (nSPS) is 10.7. The van der Waals surface area contributed by atoms with E-state index in [1.807, 2.05) is 0 Å². The smallest absolute Gasteiger partial charge is 0.260 e. The zero-order valence-electron chi connectivity index (χ0n) is 9.31. The molecule has 0 bridgehead atoms. The van der Waals surface area contributed by atoms with Gasteiger partial charge in [-0.15, -0.1) is 0 Å². The molecular formula is C11H12ClN3O2. The first kappa shape index (κ1) is 11.9. The summed E-state index contributed by atoms with van der Waals surface area (Å²) in [6.07, 6.45) is 0.598. The molecule has 0 aliphatic rings. The van der Waals surface area contributed by atoms with Crippen LogP contribution in [0.1, 0.15) is 5.82 Å². The van der Waals surface area contributed by atoms with Gasteiger partial charge < -0.3 is 15.0 Å². The van der Waals surface area contributed by atoms with Gasteiger partial charge in [-0.25, -0.2) is 0 Å². The molecule has 0 saturated carbocycles. The Labute approximate surface area is 104 Å². The van der Waals surface area contributed by atoms with Crippen LogP contribution in [0.4, 0.5) is 5.69 Å². The number of ether oxygens (including phenoxy) is 1. The van der Waals surface area contributed by atoms with Gasteiger partial charge in [-0.1, -0.05) is 22.8 Å². The second kappa shape index (κ2) is 5.16. The van der Waals surface area contributed by atoms with E-state index in [9.17, 15) is 0 Å². The number of hydrogen-bond donors (Lipinski definition) is 1. The first-order chi connectivity index (χ1) is 8.22. The van der Waals surface area contributed by atoms with Gasteiger partial charge in [0.1, 0.15) is 0 Å². The van der Waals surface area contributed by atoms with Crippen molar-refractivity contribution in [2.45, 2.75) is 6.42 Å². The van der Waals surface area contributed by atoms with Gasteiger partial charge in [0, 0.05) is 13.5 Å². The maximum Gasteiger partial charge on any atom is 0.260 e. The highest BCUT2D eigenvalue weighted by atomic mass is 35.5. The topological polar surface area (TPSA) is 74.2 Å². The van der Waals surface area contributed by atoms with Crippen LogP contribution in [0.2, 0.25) is 5.02 Å². The molecule has 0 aliphatic carbocycles. The molecule has 2 aromatic rings. The zero-order chi connectivity index (χ0) is 12.3. The third-order valence-electron chi connectivity index (χ3n) is 2.28. The first-order valence-electron chi connectivity index (χ1n) is 5.08. The maximum absolute atomic E-state index is 5.92. The number of methoxy groups -OCH3 is 1. The highest BCUT2D eigenvalue weighted by molar-refractivity contribution is 6.33. The maximum atomic E-state index is 5.92. The summed E-state index contributed by atoms with van der Waals surface area (Å²) in [5, 5.41) is 4.31. The van der Waals surface area contributed by atoms with Gasteiger partial charge >= 0.3 is 0 Å². The van der Waals surface area contributed by atoms with E-state index >= 15 is 0 Å². The molecule has 1 heterocycles. The van der Waals surface area contributed by atoms with Crippen molar-refractivity contribution in [2.24, 2.45) is 0 Å². The van der Waals surface area contributed by atoms with Gasteiger partial charge in [0.25, 0.3) is 5.89 Å². The number of nitrogens with two attached hydrogens (primary N) is 1. The van der Waals surface area contributed by atoms with Crippen molar-refractivity contribution in [3.05, 3.63) is 29.0 Å². The summed E-state index contributed by atoms with van der Waals surface area (Å²) in [7, 11) is 1.62. The van der Waals surface area contributed by atoms with Crippen LogP contribution in [0.3, 0.4) is 0 Å². The van der Waals surface area contributed by atoms with E-state index in [-0.39, 0.29) is 0 Å². The Morgan fingerprint density at radius 2 is 2.29 bits per heavy atom. The highest BCUT2D eigenvalue weighted by Gasteiger charge is 2.12. The minimum atomic E-state index is 0.371. The largest absolute Gasteiger partial charge is 0.397 e. The lowest BCUT2D eigenvalue weighted by Gasteiger charge is -2.01. The Balaban J connectivity index is 2.27. The number of halogens is 1. The lowest BCUT2D eigenvalue weighted by Crippen LogP contribution is -1.96. The Bertz CT molecular complexity index is 513. The van der Waals surface area contributed by atoms with Crippen LogP contribution >= 0.6 is 11.6 Å². The van der Waals surface area contributed by atoms with Crippen molar-refractivity contribution in [1.29, 1.82) is 0 Å². The molecule has 0 radical (unpaired) electrons. The average molecular weight is 254 g/mol. The third kappa shape index (κ3) is 2.57. The summed E-state index contributed by atoms with van der Waals surface area (Å²) in [6, 6.07) is 5.28. The molecule has 0 unspecified atom stereocenters. The van der Waals surface area contributed by atoms with Gasteiger partial charge in [0.15, 0.2) is 5.82 Å². The lowest BCUT2D eigenvalue weighted by atomic mass is 10.2. The van der Waals surface area contributed by atoms with E-state index < -0.39 is 0 Å². The van der Waals surface area contributed by atoms with Crippen LogP contribution < -0.4 is 5.73 Å². The third-order valence-corrected chi connectivity index (χ3v) is 2.61. The summed E-state index contributed by atoms with van der Waals surface area (Å²) in [5.74, 6) is 0.956. The van der Waals surface area contributed by atoms with Gasteiger partial charge in [-0.2, -0.15) is 4.98 Å². The van der Waals surface area contributed by atoms with Crippen LogP contribution in [0, 0.1) is 0 Å². The van der Waals surface area contributed by atoms with E-state index in [2.05, 4.69) is 10.1 Å². The molecule has 2 N–H and O–H groups in total. The van der Waals surface area contributed by atoms with E-state index in [4.69, 9.17) is 26.6 Å². The second-order valence-electron chi connectivity index (χ2n) is 3.46. The number of anilines is 1. The molecule has 5 nitrogen and oxygen atoms in total. The molecule has 1 aromatic heterocycles. The van der Waals surface area contributed by atoms with Crippen molar-refractivity contribution in [2.75, 3.05) is 19.5 Å². The summed E-state index contributed by atoms with van der Waals surface area (Å²) >= 11 is 5.92. The molecule has 0 saturated heterocycles. The van der Waals surface area contributed by atoms with Crippen LogP contribution in [0.5, 0.6) is 0 Å². The number of hydrogen-bond acceptors (Lipinski definition) is 5. The molecule has 2 rings (SSSR count). The predicted octanol–water partition coefficient (Wildman–Crippen LogP) is 2.16. The van der Waals surface area contributed by atoms with Crippen LogP contribution in [-0.4, -0.2) is 23.9 Å². The Kier molecular flexibility index (Phi) is 3.61. The van der Waals surface area contributed by atoms with Gasteiger partial charge in [-0.05, 0) is 12.1 Å². The fraction of sp³-hybridized carbons (Fsp3) is 0.273.